The Bertz CT molecular complexity index is 1460. The zero-order chi connectivity index (χ0) is 27.8. The highest BCUT2D eigenvalue weighted by Gasteiger charge is 2.39. The molecule has 3 heterocycles. The van der Waals surface area contributed by atoms with Crippen molar-refractivity contribution in [2.24, 2.45) is 11.7 Å². The molecule has 4 aromatic rings. The van der Waals surface area contributed by atoms with E-state index in [0.29, 0.717) is 42.2 Å². The number of carbonyl (C=O) groups excluding carboxylic acids is 1. The van der Waals surface area contributed by atoms with Crippen LogP contribution in [0.4, 0.5) is 24.8 Å². The van der Waals surface area contributed by atoms with E-state index in [2.05, 4.69) is 24.9 Å². The minimum Gasteiger partial charge on any atom is -0.383 e. The monoisotopic (exact) mass is 557 g/mol. The topological polar surface area (TPSA) is 134 Å². The molecule has 1 aliphatic carbocycles. The number of amides is 1. The van der Waals surface area contributed by atoms with E-state index in [4.69, 9.17) is 5.73 Å². The molecule has 0 bridgehead atoms. The summed E-state index contributed by atoms with van der Waals surface area (Å²) >= 11 is 1.34. The van der Waals surface area contributed by atoms with Gasteiger partial charge in [0.1, 0.15) is 22.1 Å². The third-order valence-electron chi connectivity index (χ3n) is 6.81. The van der Waals surface area contributed by atoms with E-state index in [0.717, 1.165) is 28.3 Å². The van der Waals surface area contributed by atoms with Crippen molar-refractivity contribution < 1.29 is 23.1 Å². The van der Waals surface area contributed by atoms with Crippen LogP contribution < -0.4 is 10.6 Å². The number of nitrogens with one attached hydrogen (secondary N) is 1. The number of primary amides is 1. The first-order valence-electron chi connectivity index (χ1n) is 12.3. The number of nitrogens with zero attached hydrogens (tertiary/aromatic N) is 5. The molecule has 1 amide bonds. The van der Waals surface area contributed by atoms with Gasteiger partial charge in [-0.1, -0.05) is 6.07 Å². The smallest absolute Gasteiger partial charge is 0.383 e. The van der Waals surface area contributed by atoms with E-state index >= 15 is 0 Å². The van der Waals surface area contributed by atoms with E-state index < -0.39 is 17.5 Å². The summed E-state index contributed by atoms with van der Waals surface area (Å²) in [5.74, 6) is -0.202. The van der Waals surface area contributed by atoms with E-state index in [9.17, 15) is 23.1 Å². The van der Waals surface area contributed by atoms with Crippen molar-refractivity contribution >= 4 is 28.9 Å². The van der Waals surface area contributed by atoms with Crippen LogP contribution in [0.2, 0.25) is 0 Å². The summed E-state index contributed by atoms with van der Waals surface area (Å²) in [6.07, 6.45) is 3.08. The summed E-state index contributed by atoms with van der Waals surface area (Å²) in [5.41, 5.74) is 5.45. The van der Waals surface area contributed by atoms with Gasteiger partial charge in [-0.15, -0.1) is 11.3 Å². The van der Waals surface area contributed by atoms with E-state index in [-0.39, 0.29) is 24.3 Å². The van der Waals surface area contributed by atoms with Crippen molar-refractivity contribution in [3.8, 4) is 10.4 Å². The number of imidazole rings is 1. The number of anilines is 2. The summed E-state index contributed by atoms with van der Waals surface area (Å²) in [5, 5.41) is 11.8. The third kappa shape index (κ3) is 5.78. The van der Waals surface area contributed by atoms with Crippen LogP contribution in [-0.2, 0) is 23.1 Å². The number of H-pyrrole nitrogens is 1. The van der Waals surface area contributed by atoms with Crippen molar-refractivity contribution in [2.45, 2.75) is 50.9 Å². The van der Waals surface area contributed by atoms with Gasteiger partial charge in [0.05, 0.1) is 11.4 Å². The van der Waals surface area contributed by atoms with Crippen LogP contribution in [0.15, 0.2) is 49.1 Å². The molecule has 0 unspecified atom stereocenters. The number of halogens is 3. The number of hydrogen-bond acceptors (Lipinski definition) is 8. The van der Waals surface area contributed by atoms with Gasteiger partial charge in [0.25, 0.3) is 0 Å². The number of nitrogens with two attached hydrogens (primary N) is 1. The van der Waals surface area contributed by atoms with Crippen molar-refractivity contribution in [3.63, 3.8) is 0 Å². The molecule has 0 radical (unpaired) electrons. The number of thiazole rings is 1. The van der Waals surface area contributed by atoms with Crippen molar-refractivity contribution in [1.82, 2.24) is 24.9 Å². The SMILES string of the molecule is Cc1cc(-c2cnc(C3(O)CCC(C(N)=O)CC3)s2)cc(N(Cc2ncc[nH]2)c2nccc(C(F)(F)F)n2)c1. The highest BCUT2D eigenvalue weighted by atomic mass is 32.1. The fourth-order valence-corrected chi connectivity index (χ4v) is 5.77. The van der Waals surface area contributed by atoms with Gasteiger partial charge in [-0.05, 0) is 61.9 Å². The number of hydrogen-bond donors (Lipinski definition) is 3. The number of aromatic amines is 1. The van der Waals surface area contributed by atoms with E-state index in [1.54, 1.807) is 23.5 Å². The average molecular weight is 558 g/mol. The van der Waals surface area contributed by atoms with Crippen LogP contribution >= 0.6 is 11.3 Å². The second-order valence-electron chi connectivity index (χ2n) is 9.66. The highest BCUT2D eigenvalue weighted by Crippen LogP contribution is 2.43. The highest BCUT2D eigenvalue weighted by molar-refractivity contribution is 7.15. The molecule has 4 N–H and O–H groups in total. The van der Waals surface area contributed by atoms with Gasteiger partial charge in [-0.2, -0.15) is 13.2 Å². The Morgan fingerprint density at radius 3 is 2.64 bits per heavy atom. The molecule has 0 atom stereocenters. The quantitative estimate of drug-likeness (QED) is 0.296. The Labute approximate surface area is 226 Å². The molecule has 1 aliphatic rings. The first kappa shape index (κ1) is 26.8. The molecule has 13 heteroatoms. The number of aryl methyl sites for hydroxylation is 1. The van der Waals surface area contributed by atoms with Crippen molar-refractivity contribution in [2.75, 3.05) is 4.90 Å². The largest absolute Gasteiger partial charge is 0.433 e. The molecule has 39 heavy (non-hydrogen) atoms. The standard InChI is InChI=1S/C26H26F3N7O2S/c1-15-10-17(19-13-34-23(39-19)25(38)5-2-16(3-6-25)22(30)37)12-18(11-15)36(14-21-31-8-9-32-21)24-33-7-4-20(35-24)26(27,28)29/h4,7-13,16,38H,2-3,5-6,14H2,1H3,(H2,30,37)(H,31,32). The molecule has 1 fully saturated rings. The maximum atomic E-state index is 13.4. The minimum atomic E-state index is -4.62. The van der Waals surface area contributed by atoms with Gasteiger partial charge in [0.2, 0.25) is 11.9 Å². The summed E-state index contributed by atoms with van der Waals surface area (Å²) in [6.45, 7) is 1.98. The fourth-order valence-electron chi connectivity index (χ4n) is 4.73. The maximum absolute atomic E-state index is 13.4. The van der Waals surface area contributed by atoms with Crippen LogP contribution in [0, 0.1) is 12.8 Å². The summed E-state index contributed by atoms with van der Waals surface area (Å²) in [6, 6.07) is 6.42. The Morgan fingerprint density at radius 1 is 1.21 bits per heavy atom. The number of carbonyl (C=O) groups is 1. The lowest BCUT2D eigenvalue weighted by Crippen LogP contribution is -2.35. The lowest BCUT2D eigenvalue weighted by molar-refractivity contribution is -0.141. The van der Waals surface area contributed by atoms with E-state index in [1.165, 1.54) is 11.3 Å². The molecule has 204 valence electrons. The van der Waals surface area contributed by atoms with Crippen molar-refractivity contribution in [1.29, 1.82) is 0 Å². The van der Waals surface area contributed by atoms with E-state index in [1.807, 2.05) is 25.1 Å². The molecule has 5 rings (SSSR count). The van der Waals surface area contributed by atoms with Gasteiger partial charge in [0, 0.05) is 36.4 Å². The molecular formula is C26H26F3N7O2S. The second-order valence-corrected chi connectivity index (χ2v) is 10.7. The number of alkyl halides is 3. The Morgan fingerprint density at radius 2 is 1.97 bits per heavy atom. The van der Waals surface area contributed by atoms with Crippen molar-refractivity contribution in [3.05, 3.63) is 71.1 Å². The number of benzene rings is 1. The third-order valence-corrected chi connectivity index (χ3v) is 8.05. The predicted molar refractivity (Wildman–Crippen MR) is 139 cm³/mol. The van der Waals surface area contributed by atoms with Gasteiger partial charge in [-0.25, -0.2) is 19.9 Å². The maximum Gasteiger partial charge on any atom is 0.433 e. The van der Waals surface area contributed by atoms with Gasteiger partial charge in [0.15, 0.2) is 0 Å². The average Bonchev–Trinajstić information content (AvgIpc) is 3.60. The molecular weight excluding hydrogens is 531 g/mol. The zero-order valence-electron chi connectivity index (χ0n) is 20.9. The number of rotatable bonds is 7. The molecule has 0 saturated heterocycles. The summed E-state index contributed by atoms with van der Waals surface area (Å²) < 4.78 is 40.3. The molecule has 3 aromatic heterocycles. The normalized spacial score (nSPS) is 19.7. The molecule has 1 saturated carbocycles. The first-order valence-corrected chi connectivity index (χ1v) is 13.1. The lowest BCUT2D eigenvalue weighted by atomic mass is 9.79. The molecule has 0 aliphatic heterocycles. The minimum absolute atomic E-state index is 0.103. The first-order chi connectivity index (χ1) is 18.5. The summed E-state index contributed by atoms with van der Waals surface area (Å²) in [7, 11) is 0. The summed E-state index contributed by atoms with van der Waals surface area (Å²) in [4.78, 5) is 33.5. The van der Waals surface area contributed by atoms with Gasteiger partial charge < -0.3 is 20.7 Å². The Hall–Kier alpha value is -3.84. The molecule has 9 nitrogen and oxygen atoms in total. The van der Waals surface area contributed by atoms with Gasteiger partial charge >= 0.3 is 6.18 Å². The van der Waals surface area contributed by atoms with Crippen LogP contribution in [0.25, 0.3) is 10.4 Å². The zero-order valence-corrected chi connectivity index (χ0v) is 21.8. The Kier molecular flexibility index (Phi) is 7.12. The van der Waals surface area contributed by atoms with Crippen LogP contribution in [0.5, 0.6) is 0 Å². The number of aliphatic hydroxyl groups is 1. The van der Waals surface area contributed by atoms with Gasteiger partial charge in [-0.3, -0.25) is 4.79 Å². The Balaban J connectivity index is 1.49. The number of aromatic nitrogens is 5. The van der Waals surface area contributed by atoms with Crippen LogP contribution in [0.1, 0.15) is 47.8 Å². The second kappa shape index (κ2) is 10.4. The molecule has 0 spiro atoms. The molecule has 1 aromatic carbocycles. The lowest BCUT2D eigenvalue weighted by Gasteiger charge is -2.33. The predicted octanol–water partition coefficient (Wildman–Crippen LogP) is 4.85. The fraction of sp³-hybridized carbons (Fsp3) is 0.346. The van der Waals surface area contributed by atoms with Crippen LogP contribution in [-0.4, -0.2) is 35.9 Å². The van der Waals surface area contributed by atoms with Crippen LogP contribution in [0.3, 0.4) is 0 Å².